The minimum atomic E-state index is -0.293. The molecule has 2 aromatic rings. The summed E-state index contributed by atoms with van der Waals surface area (Å²) >= 11 is 5.95. The number of rotatable bonds is 1. The molecule has 0 atom stereocenters. The highest BCUT2D eigenvalue weighted by Gasteiger charge is 2.13. The number of halogens is 1. The fourth-order valence-corrected chi connectivity index (χ4v) is 2.20. The first-order chi connectivity index (χ1) is 8.54. The van der Waals surface area contributed by atoms with Gasteiger partial charge in [-0.25, -0.2) is 0 Å². The van der Waals surface area contributed by atoms with Crippen LogP contribution in [0.15, 0.2) is 35.3 Å². The molecule has 0 amide bonds. The molecule has 0 unspecified atom stereocenters. The zero-order chi connectivity index (χ0) is 13.3. The van der Waals surface area contributed by atoms with Crippen LogP contribution in [0.2, 0.25) is 5.02 Å². The molecule has 0 aliphatic carbocycles. The van der Waals surface area contributed by atoms with Gasteiger partial charge in [-0.1, -0.05) is 23.7 Å². The van der Waals surface area contributed by atoms with Crippen molar-refractivity contribution in [2.24, 2.45) is 7.05 Å². The lowest BCUT2D eigenvalue weighted by Crippen LogP contribution is -2.20. The van der Waals surface area contributed by atoms with Crippen LogP contribution in [-0.4, -0.2) is 4.57 Å². The van der Waals surface area contributed by atoms with E-state index in [4.69, 9.17) is 11.6 Å². The van der Waals surface area contributed by atoms with Gasteiger partial charge >= 0.3 is 0 Å². The van der Waals surface area contributed by atoms with Gasteiger partial charge in [-0.2, -0.15) is 5.26 Å². The standard InChI is InChI=1S/C14H11ClN2O/c1-9-8-17(2)14(18)12(7-16)13(9)10-4-3-5-11(15)6-10/h3-6,8H,1-2H3. The summed E-state index contributed by atoms with van der Waals surface area (Å²) in [6, 6.07) is 9.14. The molecule has 0 saturated heterocycles. The first kappa shape index (κ1) is 12.4. The summed E-state index contributed by atoms with van der Waals surface area (Å²) in [6.07, 6.45) is 1.72. The molecule has 1 aromatic carbocycles. The van der Waals surface area contributed by atoms with Crippen LogP contribution in [0.1, 0.15) is 11.1 Å². The molecule has 0 aliphatic rings. The van der Waals surface area contributed by atoms with Crippen LogP contribution < -0.4 is 5.56 Å². The van der Waals surface area contributed by atoms with E-state index in [9.17, 15) is 10.1 Å². The van der Waals surface area contributed by atoms with Crippen molar-refractivity contribution in [3.05, 3.63) is 57.0 Å². The van der Waals surface area contributed by atoms with Gasteiger partial charge in [0, 0.05) is 23.8 Å². The quantitative estimate of drug-likeness (QED) is 0.790. The Morgan fingerprint density at radius 3 is 2.72 bits per heavy atom. The third kappa shape index (κ3) is 2.03. The number of benzene rings is 1. The fraction of sp³-hybridized carbons (Fsp3) is 0.143. The number of nitriles is 1. The van der Waals surface area contributed by atoms with Gasteiger partial charge in [0.1, 0.15) is 11.6 Å². The van der Waals surface area contributed by atoms with Crippen LogP contribution in [-0.2, 0) is 7.05 Å². The van der Waals surface area contributed by atoms with Crippen LogP contribution in [0, 0.1) is 18.3 Å². The van der Waals surface area contributed by atoms with Gasteiger partial charge in [-0.05, 0) is 30.2 Å². The first-order valence-corrected chi connectivity index (χ1v) is 5.78. The maximum absolute atomic E-state index is 11.9. The third-order valence-corrected chi connectivity index (χ3v) is 3.03. The summed E-state index contributed by atoms with van der Waals surface area (Å²) in [4.78, 5) is 11.9. The lowest BCUT2D eigenvalue weighted by Gasteiger charge is -2.10. The molecule has 0 aliphatic heterocycles. The van der Waals surface area contributed by atoms with E-state index in [1.54, 1.807) is 31.4 Å². The van der Waals surface area contributed by atoms with Gasteiger partial charge in [-0.3, -0.25) is 4.79 Å². The van der Waals surface area contributed by atoms with Crippen molar-refractivity contribution in [3.63, 3.8) is 0 Å². The van der Waals surface area contributed by atoms with E-state index in [1.807, 2.05) is 19.1 Å². The molecule has 2 rings (SSSR count). The second-order valence-electron chi connectivity index (χ2n) is 4.10. The first-order valence-electron chi connectivity index (χ1n) is 5.41. The Morgan fingerprint density at radius 1 is 1.39 bits per heavy atom. The van der Waals surface area contributed by atoms with Crippen molar-refractivity contribution in [1.82, 2.24) is 4.57 Å². The minimum Gasteiger partial charge on any atom is -0.317 e. The molecule has 90 valence electrons. The van der Waals surface area contributed by atoms with Gasteiger partial charge in [0.25, 0.3) is 5.56 Å². The Labute approximate surface area is 110 Å². The van der Waals surface area contributed by atoms with E-state index in [0.29, 0.717) is 10.6 Å². The molecule has 0 bridgehead atoms. The Kier molecular flexibility index (Phi) is 3.22. The van der Waals surface area contributed by atoms with E-state index in [2.05, 4.69) is 0 Å². The average Bonchev–Trinajstić information content (AvgIpc) is 2.33. The number of hydrogen-bond donors (Lipinski definition) is 0. The second-order valence-corrected chi connectivity index (χ2v) is 4.54. The number of nitrogens with zero attached hydrogens (tertiary/aromatic N) is 2. The molecule has 0 saturated carbocycles. The molecule has 0 radical (unpaired) electrons. The third-order valence-electron chi connectivity index (χ3n) is 2.79. The molecule has 4 heteroatoms. The Balaban J connectivity index is 2.84. The second kappa shape index (κ2) is 4.67. The molecule has 18 heavy (non-hydrogen) atoms. The molecule has 1 aromatic heterocycles. The minimum absolute atomic E-state index is 0.153. The summed E-state index contributed by atoms with van der Waals surface area (Å²) in [5.74, 6) is 0. The monoisotopic (exact) mass is 258 g/mol. The molecule has 0 spiro atoms. The normalized spacial score (nSPS) is 10.1. The molecule has 0 fully saturated rings. The molecule has 3 nitrogen and oxygen atoms in total. The Bertz CT molecular complexity index is 711. The van der Waals surface area contributed by atoms with E-state index < -0.39 is 0 Å². The number of aromatic nitrogens is 1. The molecular weight excluding hydrogens is 248 g/mol. The lowest BCUT2D eigenvalue weighted by molar-refractivity contribution is 0.848. The summed E-state index contributed by atoms with van der Waals surface area (Å²) in [5, 5.41) is 9.76. The van der Waals surface area contributed by atoms with Crippen molar-refractivity contribution in [3.8, 4) is 17.2 Å². The van der Waals surface area contributed by atoms with Crippen LogP contribution in [0.25, 0.3) is 11.1 Å². The molecule has 1 heterocycles. The molecule has 0 N–H and O–H groups in total. The van der Waals surface area contributed by atoms with Crippen LogP contribution in [0.5, 0.6) is 0 Å². The van der Waals surface area contributed by atoms with E-state index in [0.717, 1.165) is 11.1 Å². The highest BCUT2D eigenvalue weighted by Crippen LogP contribution is 2.27. The van der Waals surface area contributed by atoms with Crippen LogP contribution in [0.3, 0.4) is 0 Å². The van der Waals surface area contributed by atoms with Crippen molar-refractivity contribution in [2.75, 3.05) is 0 Å². The maximum atomic E-state index is 11.9. The van der Waals surface area contributed by atoms with Crippen molar-refractivity contribution in [1.29, 1.82) is 5.26 Å². The Hall–Kier alpha value is -2.05. The largest absolute Gasteiger partial charge is 0.317 e. The number of hydrogen-bond acceptors (Lipinski definition) is 2. The predicted molar refractivity (Wildman–Crippen MR) is 71.6 cm³/mol. The summed E-state index contributed by atoms with van der Waals surface area (Å²) in [5.41, 5.74) is 2.17. The highest BCUT2D eigenvalue weighted by molar-refractivity contribution is 6.30. The van der Waals surface area contributed by atoms with E-state index in [1.165, 1.54) is 4.57 Å². The average molecular weight is 259 g/mol. The highest BCUT2D eigenvalue weighted by atomic mass is 35.5. The zero-order valence-electron chi connectivity index (χ0n) is 10.1. The van der Waals surface area contributed by atoms with Gasteiger partial charge in [0.15, 0.2) is 0 Å². The van der Waals surface area contributed by atoms with Crippen LogP contribution >= 0.6 is 11.6 Å². The van der Waals surface area contributed by atoms with Crippen molar-refractivity contribution in [2.45, 2.75) is 6.92 Å². The topological polar surface area (TPSA) is 45.8 Å². The summed E-state index contributed by atoms with van der Waals surface area (Å²) in [6.45, 7) is 1.87. The Morgan fingerprint density at radius 2 is 2.11 bits per heavy atom. The van der Waals surface area contributed by atoms with Gasteiger partial charge in [0.05, 0.1) is 0 Å². The van der Waals surface area contributed by atoms with Gasteiger partial charge in [-0.15, -0.1) is 0 Å². The summed E-state index contributed by atoms with van der Waals surface area (Å²) in [7, 11) is 1.64. The number of aryl methyl sites for hydroxylation is 2. The molecular formula is C14H11ClN2O. The van der Waals surface area contributed by atoms with Gasteiger partial charge in [0.2, 0.25) is 0 Å². The van der Waals surface area contributed by atoms with Crippen molar-refractivity contribution < 1.29 is 0 Å². The van der Waals surface area contributed by atoms with Crippen LogP contribution in [0.4, 0.5) is 0 Å². The van der Waals surface area contributed by atoms with Crippen molar-refractivity contribution >= 4 is 11.6 Å². The predicted octanol–water partition coefficient (Wildman–Crippen LogP) is 2.89. The maximum Gasteiger partial charge on any atom is 0.268 e. The van der Waals surface area contributed by atoms with E-state index >= 15 is 0 Å². The fourth-order valence-electron chi connectivity index (χ4n) is 2.01. The zero-order valence-corrected chi connectivity index (χ0v) is 10.8. The van der Waals surface area contributed by atoms with E-state index in [-0.39, 0.29) is 11.1 Å². The van der Waals surface area contributed by atoms with Gasteiger partial charge < -0.3 is 4.57 Å². The summed E-state index contributed by atoms with van der Waals surface area (Å²) < 4.78 is 1.42. The SMILES string of the molecule is Cc1cn(C)c(=O)c(C#N)c1-c1cccc(Cl)c1. The number of pyridine rings is 1. The lowest BCUT2D eigenvalue weighted by atomic mass is 9.98. The smallest absolute Gasteiger partial charge is 0.268 e.